The van der Waals surface area contributed by atoms with Crippen molar-refractivity contribution in [3.05, 3.63) is 12.5 Å². The molecule has 10 nitrogen and oxygen atoms in total. The number of nitrogen functional groups attached to an aromatic ring is 1. The number of fused-ring (bicyclic) bond motifs is 1. The lowest BCUT2D eigenvalue weighted by Crippen LogP contribution is -2.42. The molecule has 0 aliphatic heterocycles. The minimum atomic E-state index is -4.09. The summed E-state index contributed by atoms with van der Waals surface area (Å²) in [5, 5.41) is 9.83. The first kappa shape index (κ1) is 23.1. The highest BCUT2D eigenvalue weighted by Crippen LogP contribution is 2.49. The molecule has 2 aromatic rings. The van der Waals surface area contributed by atoms with Gasteiger partial charge in [-0.2, -0.15) is 4.98 Å². The first-order chi connectivity index (χ1) is 14.4. The quantitative estimate of drug-likeness (QED) is 0.315. The van der Waals surface area contributed by atoms with Crippen molar-refractivity contribution in [2.24, 2.45) is 11.8 Å². The van der Waals surface area contributed by atoms with Gasteiger partial charge < -0.3 is 20.3 Å². The molecule has 0 aromatic carbocycles. The molecule has 168 valence electrons. The number of hydrogen-bond donors (Lipinski definition) is 3. The molecule has 4 atom stereocenters. The molecular formula is C19H32N5O5P. The third kappa shape index (κ3) is 5.76. The van der Waals surface area contributed by atoms with Crippen LogP contribution in [0.15, 0.2) is 12.5 Å². The van der Waals surface area contributed by atoms with Crippen LogP contribution < -0.4 is 5.73 Å². The van der Waals surface area contributed by atoms with E-state index >= 15 is 0 Å². The lowest BCUT2D eigenvalue weighted by molar-refractivity contribution is -0.00810. The average Bonchev–Trinajstić information content (AvgIpc) is 3.09. The topological polar surface area (TPSA) is 146 Å². The average molecular weight is 441 g/mol. The van der Waals surface area contributed by atoms with E-state index in [1.807, 2.05) is 4.57 Å². The summed E-state index contributed by atoms with van der Waals surface area (Å²) in [5.74, 6) is -0.0420. The van der Waals surface area contributed by atoms with E-state index in [2.05, 4.69) is 21.9 Å². The number of rotatable bonds is 13. The molecule has 0 bridgehead atoms. The molecule has 4 N–H and O–H groups in total. The maximum absolute atomic E-state index is 12.1. The zero-order valence-corrected chi connectivity index (χ0v) is 18.3. The maximum Gasteiger partial charge on any atom is 0.472 e. The monoisotopic (exact) mass is 441 g/mol. The standard InChI is InChI=1S/C19H32N5O5P/c1-2-3-4-5-6-7-8-28-30(26,27)29-12-14-9-17(15(14)11-25)24-13-22-16-10-21-19(20)23-18(16)24/h10,13-15,17,25H,2-9,11-12H2,1H3,(H,26,27)(H2,20,21,23)/t14-,15-,17-/m1/s1. The van der Waals surface area contributed by atoms with Crippen molar-refractivity contribution in [3.8, 4) is 0 Å². The number of aliphatic hydroxyl groups excluding tert-OH is 1. The van der Waals surface area contributed by atoms with Gasteiger partial charge in [0.25, 0.3) is 0 Å². The minimum absolute atomic E-state index is 0.0370. The minimum Gasteiger partial charge on any atom is -0.396 e. The van der Waals surface area contributed by atoms with Crippen LogP contribution in [-0.4, -0.2) is 49.3 Å². The van der Waals surface area contributed by atoms with Gasteiger partial charge >= 0.3 is 7.82 Å². The van der Waals surface area contributed by atoms with Gasteiger partial charge in [-0.05, 0) is 18.8 Å². The van der Waals surface area contributed by atoms with Crippen LogP contribution in [0, 0.1) is 11.8 Å². The van der Waals surface area contributed by atoms with Crippen LogP contribution >= 0.6 is 7.82 Å². The fourth-order valence-electron chi connectivity index (χ4n) is 3.93. The number of phosphoric acid groups is 1. The zero-order chi connectivity index (χ0) is 21.6. The van der Waals surface area contributed by atoms with Crippen molar-refractivity contribution in [2.75, 3.05) is 25.6 Å². The van der Waals surface area contributed by atoms with Crippen LogP contribution in [0.3, 0.4) is 0 Å². The molecule has 2 aromatic heterocycles. The molecule has 0 amide bonds. The molecule has 30 heavy (non-hydrogen) atoms. The fraction of sp³-hybridized carbons (Fsp3) is 0.737. The summed E-state index contributed by atoms with van der Waals surface area (Å²) >= 11 is 0. The largest absolute Gasteiger partial charge is 0.472 e. The number of imidazole rings is 1. The van der Waals surface area contributed by atoms with Crippen molar-refractivity contribution in [1.82, 2.24) is 19.5 Å². The van der Waals surface area contributed by atoms with E-state index in [1.165, 1.54) is 19.3 Å². The smallest absolute Gasteiger partial charge is 0.396 e. The van der Waals surface area contributed by atoms with Crippen LogP contribution in [0.5, 0.6) is 0 Å². The predicted molar refractivity (Wildman–Crippen MR) is 113 cm³/mol. The Morgan fingerprint density at radius 1 is 1.23 bits per heavy atom. The summed E-state index contributed by atoms with van der Waals surface area (Å²) < 4.78 is 24.3. The molecule has 11 heteroatoms. The number of phosphoric ester groups is 1. The van der Waals surface area contributed by atoms with Gasteiger partial charge in [0.05, 0.1) is 25.7 Å². The highest BCUT2D eigenvalue weighted by molar-refractivity contribution is 7.47. The molecular weight excluding hydrogens is 409 g/mol. The number of anilines is 1. The summed E-state index contributed by atoms with van der Waals surface area (Å²) in [6.07, 6.45) is 10.3. The molecule has 2 heterocycles. The molecule has 3 rings (SSSR count). The lowest BCUT2D eigenvalue weighted by atomic mass is 9.70. The molecule has 0 spiro atoms. The van der Waals surface area contributed by atoms with Crippen LogP contribution in [0.1, 0.15) is 57.9 Å². The number of aliphatic hydroxyl groups is 1. The second kappa shape index (κ2) is 10.6. The number of nitrogens with zero attached hydrogens (tertiary/aromatic N) is 4. The molecule has 0 saturated heterocycles. The zero-order valence-electron chi connectivity index (χ0n) is 17.4. The summed E-state index contributed by atoms with van der Waals surface area (Å²) in [6.45, 7) is 2.35. The van der Waals surface area contributed by atoms with Gasteiger partial charge in [-0.1, -0.05) is 39.0 Å². The van der Waals surface area contributed by atoms with Crippen LogP contribution in [0.25, 0.3) is 11.2 Å². The Bertz CT molecular complexity index is 863. The molecule has 1 saturated carbocycles. The normalized spacial score (nSPS) is 23.4. The molecule has 1 aliphatic carbocycles. The fourth-order valence-corrected chi connectivity index (χ4v) is 4.75. The van der Waals surface area contributed by atoms with Gasteiger partial charge in [0.15, 0.2) is 5.65 Å². The Labute approximate surface area is 176 Å². The van der Waals surface area contributed by atoms with Gasteiger partial charge in [0.2, 0.25) is 5.95 Å². The second-order valence-electron chi connectivity index (χ2n) is 7.86. The van der Waals surface area contributed by atoms with E-state index in [0.29, 0.717) is 17.6 Å². The second-order valence-corrected chi connectivity index (χ2v) is 9.32. The van der Waals surface area contributed by atoms with Gasteiger partial charge in [-0.15, -0.1) is 0 Å². The van der Waals surface area contributed by atoms with Crippen LogP contribution in [0.2, 0.25) is 0 Å². The Morgan fingerprint density at radius 3 is 2.77 bits per heavy atom. The molecule has 1 fully saturated rings. The maximum atomic E-state index is 12.1. The van der Waals surface area contributed by atoms with E-state index in [-0.39, 0.29) is 43.6 Å². The Morgan fingerprint density at radius 2 is 2.00 bits per heavy atom. The van der Waals surface area contributed by atoms with E-state index in [0.717, 1.165) is 19.3 Å². The van der Waals surface area contributed by atoms with E-state index in [1.54, 1.807) is 12.5 Å². The van der Waals surface area contributed by atoms with Crippen LogP contribution in [0.4, 0.5) is 5.95 Å². The summed E-state index contributed by atoms with van der Waals surface area (Å²) in [5.41, 5.74) is 6.92. The van der Waals surface area contributed by atoms with Crippen molar-refractivity contribution < 1.29 is 23.6 Å². The van der Waals surface area contributed by atoms with Gasteiger partial charge in [0, 0.05) is 18.6 Å². The Balaban J connectivity index is 1.45. The highest BCUT2D eigenvalue weighted by atomic mass is 31.2. The van der Waals surface area contributed by atoms with E-state index in [4.69, 9.17) is 14.8 Å². The van der Waals surface area contributed by atoms with Gasteiger partial charge in [0.1, 0.15) is 5.52 Å². The first-order valence-corrected chi connectivity index (χ1v) is 12.1. The number of unbranched alkanes of at least 4 members (excludes halogenated alkanes) is 5. The van der Waals surface area contributed by atoms with Gasteiger partial charge in [-0.25, -0.2) is 14.5 Å². The summed E-state index contributed by atoms with van der Waals surface area (Å²) in [6, 6.07) is -0.0370. The van der Waals surface area contributed by atoms with E-state index in [9.17, 15) is 14.6 Å². The molecule has 1 aliphatic rings. The highest BCUT2D eigenvalue weighted by Gasteiger charge is 2.43. The first-order valence-electron chi connectivity index (χ1n) is 10.6. The number of nitrogens with two attached hydrogens (primary N) is 1. The third-order valence-electron chi connectivity index (χ3n) is 5.75. The van der Waals surface area contributed by atoms with Crippen molar-refractivity contribution >= 4 is 24.9 Å². The number of hydrogen-bond acceptors (Lipinski definition) is 8. The van der Waals surface area contributed by atoms with Crippen molar-refractivity contribution in [3.63, 3.8) is 0 Å². The van der Waals surface area contributed by atoms with Crippen LogP contribution in [-0.2, 0) is 13.6 Å². The van der Waals surface area contributed by atoms with E-state index < -0.39 is 7.82 Å². The summed E-state index contributed by atoms with van der Waals surface area (Å²) in [4.78, 5) is 22.3. The van der Waals surface area contributed by atoms with Gasteiger partial charge in [-0.3, -0.25) is 9.05 Å². The lowest BCUT2D eigenvalue weighted by Gasteiger charge is -2.44. The summed E-state index contributed by atoms with van der Waals surface area (Å²) in [7, 11) is -4.09. The Hall–Kier alpha value is -1.58. The Kier molecular flexibility index (Phi) is 8.19. The van der Waals surface area contributed by atoms with Crippen molar-refractivity contribution in [1.29, 1.82) is 0 Å². The number of aromatic nitrogens is 4. The molecule has 0 radical (unpaired) electrons. The predicted octanol–water partition coefficient (Wildman–Crippen LogP) is 3.07. The third-order valence-corrected chi connectivity index (χ3v) is 6.73. The van der Waals surface area contributed by atoms with Crippen molar-refractivity contribution in [2.45, 2.75) is 57.9 Å². The molecule has 1 unspecified atom stereocenters. The SMILES string of the molecule is CCCCCCCCOP(=O)(O)OC[C@H]1C[C@@H](n2cnc3cnc(N)nc32)[C@@H]1CO.